The third kappa shape index (κ3) is 6.52. The molecule has 1 rings (SSSR count). The molecule has 0 aromatic heterocycles. The van der Waals surface area contributed by atoms with Crippen molar-refractivity contribution in [3.05, 3.63) is 29.3 Å². The minimum Gasteiger partial charge on any atom is -0.490 e. The molecule has 138 valence electrons. The lowest BCUT2D eigenvalue weighted by atomic mass is 10.1. The summed E-state index contributed by atoms with van der Waals surface area (Å²) in [6.07, 6.45) is 1.26. The molecule has 0 unspecified atom stereocenters. The van der Waals surface area contributed by atoms with Crippen molar-refractivity contribution in [3.63, 3.8) is 0 Å². The molecule has 0 fully saturated rings. The molecule has 0 saturated carbocycles. The van der Waals surface area contributed by atoms with E-state index >= 15 is 0 Å². The van der Waals surface area contributed by atoms with Crippen LogP contribution in [0.5, 0.6) is 11.5 Å². The van der Waals surface area contributed by atoms with Crippen LogP contribution in [0.1, 0.15) is 19.4 Å². The Labute approximate surface area is 150 Å². The number of hydrogen-bond acceptors (Lipinski definition) is 7. The first-order chi connectivity index (χ1) is 12.4. The smallest absolute Gasteiger partial charge is 0.344 e. The van der Waals surface area contributed by atoms with Crippen LogP contribution in [0.15, 0.2) is 23.8 Å². The molecule has 0 bridgehead atoms. The van der Waals surface area contributed by atoms with Gasteiger partial charge in [0, 0.05) is 0 Å². The fourth-order valence-corrected chi connectivity index (χ4v) is 1.84. The number of primary amides is 1. The van der Waals surface area contributed by atoms with Crippen molar-refractivity contribution in [3.8, 4) is 17.6 Å². The lowest BCUT2D eigenvalue weighted by molar-refractivity contribution is -0.145. The third-order valence-corrected chi connectivity index (χ3v) is 2.83. The number of nitrogens with two attached hydrogens (primary N) is 1. The monoisotopic (exact) mass is 361 g/mol. The van der Waals surface area contributed by atoms with Crippen LogP contribution < -0.4 is 20.5 Å². The number of rotatable bonds is 8. The SMILES string of the molecule is CCOC(=O)COc1ccc(/C=C(/C#N)C(=O)NC(N)=O)cc1OCC. The summed E-state index contributed by atoms with van der Waals surface area (Å²) in [4.78, 5) is 33.8. The predicted molar refractivity (Wildman–Crippen MR) is 91.1 cm³/mol. The normalized spacial score (nSPS) is 10.4. The fourth-order valence-electron chi connectivity index (χ4n) is 1.84. The van der Waals surface area contributed by atoms with Crippen LogP contribution in [0.2, 0.25) is 0 Å². The van der Waals surface area contributed by atoms with E-state index in [-0.39, 0.29) is 18.8 Å². The Kier molecular flexibility index (Phi) is 8.16. The molecule has 0 spiro atoms. The number of hydrogen-bond donors (Lipinski definition) is 2. The number of carbonyl (C=O) groups excluding carboxylic acids is 3. The molecule has 3 N–H and O–H groups in total. The summed E-state index contributed by atoms with van der Waals surface area (Å²) < 4.78 is 15.6. The van der Waals surface area contributed by atoms with Gasteiger partial charge in [-0.15, -0.1) is 0 Å². The average Bonchev–Trinajstić information content (AvgIpc) is 2.58. The lowest BCUT2D eigenvalue weighted by Gasteiger charge is -2.12. The number of carbonyl (C=O) groups is 3. The molecule has 0 aliphatic rings. The molecule has 0 atom stereocenters. The van der Waals surface area contributed by atoms with Gasteiger partial charge in [-0.2, -0.15) is 5.26 Å². The zero-order valence-corrected chi connectivity index (χ0v) is 14.4. The molecule has 3 amide bonds. The first kappa shape index (κ1) is 20.5. The Morgan fingerprint density at radius 2 is 1.92 bits per heavy atom. The molecule has 0 heterocycles. The summed E-state index contributed by atoms with van der Waals surface area (Å²) in [6.45, 7) is 3.74. The van der Waals surface area contributed by atoms with Crippen molar-refractivity contribution < 1.29 is 28.6 Å². The summed E-state index contributed by atoms with van der Waals surface area (Å²) in [7, 11) is 0. The van der Waals surface area contributed by atoms with Crippen molar-refractivity contribution >= 4 is 24.0 Å². The number of nitrogens with one attached hydrogen (secondary N) is 1. The standard InChI is InChI=1S/C17H19N3O6/c1-3-24-14-8-11(7-12(9-18)16(22)20-17(19)23)5-6-13(14)26-10-15(21)25-4-2/h5-8H,3-4,10H2,1-2H3,(H3,19,20,22,23)/b12-7-. The largest absolute Gasteiger partial charge is 0.490 e. The fraction of sp³-hybridized carbons (Fsp3) is 0.294. The molecule has 9 nitrogen and oxygen atoms in total. The number of ether oxygens (including phenoxy) is 3. The van der Waals surface area contributed by atoms with Gasteiger partial charge in [0.2, 0.25) is 0 Å². The van der Waals surface area contributed by atoms with E-state index in [1.165, 1.54) is 18.2 Å². The van der Waals surface area contributed by atoms with Crippen LogP contribution in [-0.4, -0.2) is 37.7 Å². The third-order valence-electron chi connectivity index (χ3n) is 2.83. The highest BCUT2D eigenvalue weighted by Crippen LogP contribution is 2.29. The maximum absolute atomic E-state index is 11.7. The molecule has 0 radical (unpaired) electrons. The van der Waals surface area contributed by atoms with E-state index in [1.807, 2.05) is 5.32 Å². The molecule has 0 saturated heterocycles. The highest BCUT2D eigenvalue weighted by atomic mass is 16.6. The number of imide groups is 1. The van der Waals surface area contributed by atoms with E-state index in [4.69, 9.17) is 25.2 Å². The van der Waals surface area contributed by atoms with Gasteiger partial charge in [0.25, 0.3) is 5.91 Å². The summed E-state index contributed by atoms with van der Waals surface area (Å²) in [5.41, 5.74) is 5.00. The second kappa shape index (κ2) is 10.4. The highest BCUT2D eigenvalue weighted by Gasteiger charge is 2.13. The Morgan fingerprint density at radius 3 is 2.50 bits per heavy atom. The Balaban J connectivity index is 3.04. The van der Waals surface area contributed by atoms with Gasteiger partial charge in [-0.3, -0.25) is 10.1 Å². The number of nitriles is 1. The number of esters is 1. The van der Waals surface area contributed by atoms with Crippen molar-refractivity contribution in [1.82, 2.24) is 5.32 Å². The topological polar surface area (TPSA) is 141 Å². The van der Waals surface area contributed by atoms with E-state index in [0.29, 0.717) is 23.7 Å². The van der Waals surface area contributed by atoms with E-state index in [1.54, 1.807) is 26.0 Å². The Morgan fingerprint density at radius 1 is 1.19 bits per heavy atom. The van der Waals surface area contributed by atoms with Crippen LogP contribution >= 0.6 is 0 Å². The van der Waals surface area contributed by atoms with E-state index in [0.717, 1.165) is 0 Å². The van der Waals surface area contributed by atoms with Gasteiger partial charge >= 0.3 is 12.0 Å². The van der Waals surface area contributed by atoms with Gasteiger partial charge in [0.05, 0.1) is 13.2 Å². The number of urea groups is 1. The van der Waals surface area contributed by atoms with Crippen molar-refractivity contribution in [2.45, 2.75) is 13.8 Å². The van der Waals surface area contributed by atoms with Crippen LogP contribution in [0.4, 0.5) is 4.79 Å². The second-order valence-corrected chi connectivity index (χ2v) is 4.72. The van der Waals surface area contributed by atoms with Gasteiger partial charge < -0.3 is 19.9 Å². The quantitative estimate of drug-likeness (QED) is 0.401. The first-order valence-corrected chi connectivity index (χ1v) is 7.69. The van der Waals surface area contributed by atoms with Crippen LogP contribution in [-0.2, 0) is 14.3 Å². The molecular formula is C17H19N3O6. The maximum atomic E-state index is 11.7. The van der Waals surface area contributed by atoms with Crippen molar-refractivity contribution in [2.24, 2.45) is 5.73 Å². The van der Waals surface area contributed by atoms with Gasteiger partial charge in [-0.25, -0.2) is 9.59 Å². The van der Waals surface area contributed by atoms with Gasteiger partial charge in [-0.05, 0) is 37.6 Å². The van der Waals surface area contributed by atoms with Crippen molar-refractivity contribution in [1.29, 1.82) is 5.26 Å². The Bertz CT molecular complexity index is 751. The van der Waals surface area contributed by atoms with Gasteiger partial charge in [-0.1, -0.05) is 6.07 Å². The van der Waals surface area contributed by atoms with Gasteiger partial charge in [0.15, 0.2) is 18.1 Å². The molecule has 1 aromatic rings. The minimum absolute atomic E-state index is 0.245. The molecule has 26 heavy (non-hydrogen) atoms. The Hall–Kier alpha value is -3.54. The molecule has 1 aromatic carbocycles. The van der Waals surface area contributed by atoms with E-state index in [9.17, 15) is 14.4 Å². The minimum atomic E-state index is -1.06. The van der Waals surface area contributed by atoms with Gasteiger partial charge in [0.1, 0.15) is 11.6 Å². The predicted octanol–water partition coefficient (Wildman–Crippen LogP) is 1.13. The number of nitrogens with zero attached hydrogens (tertiary/aromatic N) is 1. The van der Waals surface area contributed by atoms with Crippen LogP contribution in [0.25, 0.3) is 6.08 Å². The van der Waals surface area contributed by atoms with Crippen molar-refractivity contribution in [2.75, 3.05) is 19.8 Å². The molecule has 9 heteroatoms. The zero-order valence-electron chi connectivity index (χ0n) is 14.4. The van der Waals surface area contributed by atoms with E-state index < -0.39 is 17.9 Å². The van der Waals surface area contributed by atoms with Crippen LogP contribution in [0.3, 0.4) is 0 Å². The maximum Gasteiger partial charge on any atom is 0.344 e. The highest BCUT2D eigenvalue weighted by molar-refractivity contribution is 6.08. The molecule has 0 aliphatic carbocycles. The summed E-state index contributed by atoms with van der Waals surface area (Å²) in [5, 5.41) is 10.9. The summed E-state index contributed by atoms with van der Waals surface area (Å²) >= 11 is 0. The van der Waals surface area contributed by atoms with E-state index in [2.05, 4.69) is 0 Å². The zero-order chi connectivity index (χ0) is 19.5. The molecule has 0 aliphatic heterocycles. The lowest BCUT2D eigenvalue weighted by Crippen LogP contribution is -2.35. The summed E-state index contributed by atoms with van der Waals surface area (Å²) in [5.74, 6) is -0.815. The molecular weight excluding hydrogens is 342 g/mol. The first-order valence-electron chi connectivity index (χ1n) is 7.69. The number of amides is 3. The number of benzene rings is 1. The second-order valence-electron chi connectivity index (χ2n) is 4.72. The average molecular weight is 361 g/mol. The summed E-state index contributed by atoms with van der Waals surface area (Å²) in [6, 6.07) is 5.23. The van der Waals surface area contributed by atoms with Crippen LogP contribution in [0, 0.1) is 11.3 Å².